The van der Waals surface area contributed by atoms with Gasteiger partial charge < -0.3 is 9.47 Å². The lowest BCUT2D eigenvalue weighted by atomic mass is 10.0. The molecule has 0 radical (unpaired) electrons. The Morgan fingerprint density at radius 3 is 2.52 bits per heavy atom. The van der Waals surface area contributed by atoms with Gasteiger partial charge in [-0.25, -0.2) is 4.98 Å². The molecule has 0 unspecified atom stereocenters. The normalized spacial score (nSPS) is 17.0. The van der Waals surface area contributed by atoms with E-state index in [2.05, 4.69) is 21.7 Å². The fraction of sp³-hybridized carbons (Fsp3) is 0.238. The van der Waals surface area contributed by atoms with E-state index >= 15 is 0 Å². The van der Waals surface area contributed by atoms with Gasteiger partial charge in [0.25, 0.3) is 5.91 Å². The van der Waals surface area contributed by atoms with Crippen molar-refractivity contribution in [2.24, 2.45) is 0 Å². The summed E-state index contributed by atoms with van der Waals surface area (Å²) in [6.45, 7) is 1.65. The van der Waals surface area contributed by atoms with Crippen LogP contribution in [0.1, 0.15) is 23.2 Å². The largest absolute Gasteiger partial charge is 0.335 e. The maximum Gasteiger partial charge on any atom is 0.254 e. The van der Waals surface area contributed by atoms with E-state index in [4.69, 9.17) is 0 Å². The van der Waals surface area contributed by atoms with Crippen LogP contribution in [0, 0.1) is 0 Å². The SMILES string of the molecule is O=C(c1ccc(-c2ccccc2)cc1)N1CCC[C@@H]1Cn1ccnc1. The highest BCUT2D eigenvalue weighted by Gasteiger charge is 2.29. The van der Waals surface area contributed by atoms with Crippen molar-refractivity contribution in [3.8, 4) is 11.1 Å². The molecule has 0 N–H and O–H groups in total. The minimum absolute atomic E-state index is 0.127. The number of likely N-dealkylation sites (tertiary alicyclic amines) is 1. The number of nitrogens with zero attached hydrogens (tertiary/aromatic N) is 3. The van der Waals surface area contributed by atoms with Crippen LogP contribution in [0.4, 0.5) is 0 Å². The molecule has 2 aromatic carbocycles. The molecule has 4 heteroatoms. The minimum atomic E-state index is 0.127. The molecule has 1 aromatic heterocycles. The van der Waals surface area contributed by atoms with Crippen LogP contribution >= 0.6 is 0 Å². The van der Waals surface area contributed by atoms with E-state index < -0.39 is 0 Å². The molecular weight excluding hydrogens is 310 g/mol. The quantitative estimate of drug-likeness (QED) is 0.728. The number of amides is 1. The number of hydrogen-bond acceptors (Lipinski definition) is 2. The van der Waals surface area contributed by atoms with Gasteiger partial charge in [0.05, 0.1) is 6.33 Å². The number of hydrogen-bond donors (Lipinski definition) is 0. The van der Waals surface area contributed by atoms with Gasteiger partial charge >= 0.3 is 0 Å². The van der Waals surface area contributed by atoms with Crippen molar-refractivity contribution in [3.05, 3.63) is 78.9 Å². The summed E-state index contributed by atoms with van der Waals surface area (Å²) >= 11 is 0. The highest BCUT2D eigenvalue weighted by molar-refractivity contribution is 5.95. The Balaban J connectivity index is 1.50. The molecule has 4 rings (SSSR count). The zero-order valence-corrected chi connectivity index (χ0v) is 14.1. The van der Waals surface area contributed by atoms with Gasteiger partial charge in [-0.1, -0.05) is 42.5 Å². The Labute approximate surface area is 147 Å². The van der Waals surface area contributed by atoms with E-state index in [1.165, 1.54) is 5.56 Å². The second-order valence-electron chi connectivity index (χ2n) is 6.50. The molecule has 1 saturated heterocycles. The summed E-state index contributed by atoms with van der Waals surface area (Å²) in [6, 6.07) is 18.4. The van der Waals surface area contributed by atoms with Gasteiger partial charge in [-0.2, -0.15) is 0 Å². The topological polar surface area (TPSA) is 38.1 Å². The summed E-state index contributed by atoms with van der Waals surface area (Å²) in [5, 5.41) is 0. The van der Waals surface area contributed by atoms with Gasteiger partial charge in [-0.3, -0.25) is 4.79 Å². The van der Waals surface area contributed by atoms with E-state index in [1.807, 2.05) is 59.9 Å². The van der Waals surface area contributed by atoms with Crippen molar-refractivity contribution in [1.82, 2.24) is 14.5 Å². The lowest BCUT2D eigenvalue weighted by molar-refractivity contribution is 0.0724. The number of carbonyl (C=O) groups excluding carboxylic acids is 1. The first kappa shape index (κ1) is 15.6. The van der Waals surface area contributed by atoms with E-state index in [0.29, 0.717) is 0 Å². The van der Waals surface area contributed by atoms with E-state index in [1.54, 1.807) is 6.20 Å². The predicted molar refractivity (Wildman–Crippen MR) is 98.2 cm³/mol. The summed E-state index contributed by atoms with van der Waals surface area (Å²) in [5.41, 5.74) is 3.06. The number of carbonyl (C=O) groups is 1. The second-order valence-corrected chi connectivity index (χ2v) is 6.50. The van der Waals surface area contributed by atoms with Crippen LogP contribution in [0.2, 0.25) is 0 Å². The summed E-state index contributed by atoms with van der Waals surface area (Å²) in [6.07, 6.45) is 7.66. The van der Waals surface area contributed by atoms with Crippen LogP contribution in [0.15, 0.2) is 73.3 Å². The molecule has 3 aromatic rings. The third-order valence-electron chi connectivity index (χ3n) is 4.86. The second kappa shape index (κ2) is 6.93. The average Bonchev–Trinajstić information content (AvgIpc) is 3.34. The van der Waals surface area contributed by atoms with Crippen LogP contribution in [0.25, 0.3) is 11.1 Å². The summed E-state index contributed by atoms with van der Waals surface area (Å²) in [7, 11) is 0. The van der Waals surface area contributed by atoms with Crippen LogP contribution in [0.3, 0.4) is 0 Å². The van der Waals surface area contributed by atoms with Gasteiger partial charge in [-0.15, -0.1) is 0 Å². The maximum absolute atomic E-state index is 12.9. The molecule has 25 heavy (non-hydrogen) atoms. The molecule has 126 valence electrons. The molecule has 2 heterocycles. The summed E-state index contributed by atoms with van der Waals surface area (Å²) in [5.74, 6) is 0.127. The monoisotopic (exact) mass is 331 g/mol. The predicted octanol–water partition coefficient (Wildman–Crippen LogP) is 3.85. The minimum Gasteiger partial charge on any atom is -0.335 e. The molecule has 4 nitrogen and oxygen atoms in total. The van der Waals surface area contributed by atoms with Crippen molar-refractivity contribution in [3.63, 3.8) is 0 Å². The van der Waals surface area contributed by atoms with E-state index in [0.717, 1.165) is 37.1 Å². The van der Waals surface area contributed by atoms with Crippen molar-refractivity contribution in [1.29, 1.82) is 0 Å². The van der Waals surface area contributed by atoms with Crippen LogP contribution in [-0.4, -0.2) is 32.9 Å². The smallest absolute Gasteiger partial charge is 0.254 e. The number of benzene rings is 2. The Kier molecular flexibility index (Phi) is 4.34. The van der Waals surface area contributed by atoms with Crippen molar-refractivity contribution < 1.29 is 4.79 Å². The Morgan fingerprint density at radius 2 is 1.80 bits per heavy atom. The van der Waals surface area contributed by atoms with Crippen molar-refractivity contribution >= 4 is 5.91 Å². The average molecular weight is 331 g/mol. The molecular formula is C21H21N3O. The Morgan fingerprint density at radius 1 is 1.04 bits per heavy atom. The Bertz CT molecular complexity index is 825. The zero-order valence-electron chi connectivity index (χ0n) is 14.1. The van der Waals surface area contributed by atoms with Gasteiger partial charge in [0.15, 0.2) is 0 Å². The van der Waals surface area contributed by atoms with Crippen LogP contribution < -0.4 is 0 Å². The number of imidazole rings is 1. The van der Waals surface area contributed by atoms with E-state index in [9.17, 15) is 4.79 Å². The third-order valence-corrected chi connectivity index (χ3v) is 4.86. The van der Waals surface area contributed by atoms with E-state index in [-0.39, 0.29) is 11.9 Å². The maximum atomic E-state index is 12.9. The molecule has 0 aliphatic carbocycles. The fourth-order valence-corrected chi connectivity index (χ4v) is 3.53. The molecule has 1 fully saturated rings. The first-order valence-electron chi connectivity index (χ1n) is 8.73. The number of aromatic nitrogens is 2. The van der Waals surface area contributed by atoms with Crippen LogP contribution in [0.5, 0.6) is 0 Å². The zero-order chi connectivity index (χ0) is 17.1. The van der Waals surface area contributed by atoms with Gasteiger partial charge in [0.2, 0.25) is 0 Å². The fourth-order valence-electron chi connectivity index (χ4n) is 3.53. The van der Waals surface area contributed by atoms with Crippen molar-refractivity contribution in [2.45, 2.75) is 25.4 Å². The highest BCUT2D eigenvalue weighted by atomic mass is 16.2. The molecule has 0 saturated carbocycles. The van der Waals surface area contributed by atoms with Crippen molar-refractivity contribution in [2.75, 3.05) is 6.54 Å². The highest BCUT2D eigenvalue weighted by Crippen LogP contribution is 2.24. The summed E-state index contributed by atoms with van der Waals surface area (Å²) < 4.78 is 2.05. The first-order chi connectivity index (χ1) is 12.3. The first-order valence-corrected chi connectivity index (χ1v) is 8.73. The molecule has 1 amide bonds. The van der Waals surface area contributed by atoms with Gasteiger partial charge in [0, 0.05) is 37.1 Å². The van der Waals surface area contributed by atoms with Gasteiger partial charge in [0.1, 0.15) is 0 Å². The molecule has 1 atom stereocenters. The summed E-state index contributed by atoms with van der Waals surface area (Å²) in [4.78, 5) is 19.0. The lowest BCUT2D eigenvalue weighted by Gasteiger charge is -2.25. The number of rotatable bonds is 4. The Hall–Kier alpha value is -2.88. The molecule has 1 aliphatic heterocycles. The standard InChI is InChI=1S/C21H21N3O/c25-21(24-13-4-7-20(24)15-23-14-12-22-16-23)19-10-8-18(9-11-19)17-5-2-1-3-6-17/h1-3,5-6,8-12,14,16,20H,4,7,13,15H2/t20-/m1/s1. The third kappa shape index (κ3) is 3.33. The molecule has 0 spiro atoms. The molecule has 1 aliphatic rings. The molecule has 0 bridgehead atoms. The van der Waals surface area contributed by atoms with Gasteiger partial charge in [-0.05, 0) is 36.1 Å². The van der Waals surface area contributed by atoms with Crippen LogP contribution in [-0.2, 0) is 6.54 Å². The lowest BCUT2D eigenvalue weighted by Crippen LogP contribution is -2.37.